The number of piperidine rings is 1. The van der Waals surface area contributed by atoms with E-state index >= 15 is 0 Å². The van der Waals surface area contributed by atoms with E-state index in [-0.39, 0.29) is 18.9 Å². The first-order valence-corrected chi connectivity index (χ1v) is 12.4. The maximum atomic E-state index is 14.0. The predicted molar refractivity (Wildman–Crippen MR) is 133 cm³/mol. The molecule has 0 saturated carbocycles. The summed E-state index contributed by atoms with van der Waals surface area (Å²) < 4.78 is 38.6. The third kappa shape index (κ3) is 6.72. The lowest BCUT2D eigenvalue weighted by molar-refractivity contribution is -0.160. The number of carbonyl (C=O) groups is 2. The summed E-state index contributed by atoms with van der Waals surface area (Å²) in [5, 5.41) is 13.1. The zero-order valence-corrected chi connectivity index (χ0v) is 21.5. The van der Waals surface area contributed by atoms with Crippen LogP contribution in [0.25, 0.3) is 0 Å². The summed E-state index contributed by atoms with van der Waals surface area (Å²) in [5.41, 5.74) is 0.304. The Balaban J connectivity index is 2.15. The van der Waals surface area contributed by atoms with Crippen LogP contribution < -0.4 is 5.32 Å². The molecule has 10 heteroatoms. The molecule has 2 N–H and O–H groups in total. The first-order valence-electron chi connectivity index (χ1n) is 11.7. The molecule has 1 heterocycles. The highest BCUT2D eigenvalue weighted by atomic mass is 35.5. The van der Waals surface area contributed by atoms with Crippen LogP contribution in [0.15, 0.2) is 48.5 Å². The van der Waals surface area contributed by atoms with Crippen molar-refractivity contribution in [2.45, 2.75) is 57.3 Å². The molecule has 5 nitrogen and oxygen atoms in total. The van der Waals surface area contributed by atoms with Crippen molar-refractivity contribution in [3.8, 4) is 0 Å². The molecule has 1 saturated heterocycles. The highest BCUT2D eigenvalue weighted by Gasteiger charge is 2.52. The van der Waals surface area contributed by atoms with Gasteiger partial charge in [-0.05, 0) is 48.2 Å². The third-order valence-corrected chi connectivity index (χ3v) is 7.19. The summed E-state index contributed by atoms with van der Waals surface area (Å²) in [5.74, 6) is -1.88. The summed E-state index contributed by atoms with van der Waals surface area (Å²) >= 11 is 12.4. The van der Waals surface area contributed by atoms with Crippen LogP contribution in [0, 0.1) is 5.41 Å². The highest BCUT2D eigenvalue weighted by molar-refractivity contribution is 6.30. The average molecular weight is 545 g/mol. The molecule has 0 aromatic heterocycles. The van der Waals surface area contributed by atoms with Gasteiger partial charge >= 0.3 is 12.1 Å². The minimum atomic E-state index is -4.40. The van der Waals surface area contributed by atoms with Crippen LogP contribution in [0.1, 0.15) is 56.2 Å². The van der Waals surface area contributed by atoms with Crippen molar-refractivity contribution in [3.63, 3.8) is 0 Å². The van der Waals surface area contributed by atoms with Crippen molar-refractivity contribution in [1.82, 2.24) is 10.2 Å². The van der Waals surface area contributed by atoms with Gasteiger partial charge in [0.25, 0.3) is 0 Å². The van der Waals surface area contributed by atoms with Crippen LogP contribution in [0.4, 0.5) is 13.2 Å². The Hall–Kier alpha value is -2.29. The number of nitrogens with one attached hydrogen (secondary N) is 1. The fraction of sp³-hybridized carbons (Fsp3) is 0.462. The van der Waals surface area contributed by atoms with E-state index in [0.717, 1.165) is 11.1 Å². The number of carbonyl (C=O) groups excluding carboxylic acids is 1. The van der Waals surface area contributed by atoms with Gasteiger partial charge in [0.05, 0.1) is 24.4 Å². The zero-order chi connectivity index (χ0) is 26.7. The van der Waals surface area contributed by atoms with Gasteiger partial charge in [0, 0.05) is 28.5 Å². The lowest BCUT2D eigenvalue weighted by Crippen LogP contribution is -2.58. The van der Waals surface area contributed by atoms with Crippen LogP contribution in [0.5, 0.6) is 0 Å². The number of aliphatic carboxylic acids is 1. The molecule has 1 aliphatic rings. The van der Waals surface area contributed by atoms with E-state index in [0.29, 0.717) is 16.5 Å². The molecule has 0 radical (unpaired) electrons. The summed E-state index contributed by atoms with van der Waals surface area (Å²) in [6, 6.07) is 13.0. The number of rotatable bonds is 9. The number of carboxylic acids is 1. The largest absolute Gasteiger partial charge is 0.481 e. The predicted octanol–water partition coefficient (Wildman–Crippen LogP) is 6.46. The summed E-state index contributed by atoms with van der Waals surface area (Å²) in [7, 11) is 0. The fourth-order valence-corrected chi connectivity index (χ4v) is 5.43. The Labute approximate surface area is 218 Å². The second-order valence-electron chi connectivity index (χ2n) is 9.51. The molecular weight excluding hydrogens is 516 g/mol. The van der Waals surface area contributed by atoms with Crippen molar-refractivity contribution in [2.75, 3.05) is 13.1 Å². The van der Waals surface area contributed by atoms with Crippen molar-refractivity contribution >= 4 is 35.1 Å². The number of amides is 1. The van der Waals surface area contributed by atoms with Gasteiger partial charge in [-0.25, -0.2) is 0 Å². The maximum absolute atomic E-state index is 14.0. The Kier molecular flexibility index (Phi) is 8.96. The molecule has 0 unspecified atom stereocenters. The van der Waals surface area contributed by atoms with E-state index in [1.54, 1.807) is 61.2 Å². The number of halogens is 5. The van der Waals surface area contributed by atoms with Crippen LogP contribution in [-0.4, -0.2) is 47.2 Å². The first kappa shape index (κ1) is 28.3. The summed E-state index contributed by atoms with van der Waals surface area (Å²) in [4.78, 5) is 27.4. The Morgan fingerprint density at radius 3 is 2.39 bits per heavy atom. The highest BCUT2D eigenvalue weighted by Crippen LogP contribution is 2.52. The zero-order valence-electron chi connectivity index (χ0n) is 20.0. The van der Waals surface area contributed by atoms with Crippen molar-refractivity contribution < 1.29 is 27.9 Å². The number of carboxylic acid groups (broad SMARTS) is 1. The standard InChI is InChI=1S/C26H29Cl2F3N2O3/c1-3-20(14-32-15-26(29,30)31)33-23(16-7-9-18(27)10-8-16)21(17-5-4-6-19(28)11-17)12-25(2,24(33)36)13-22(34)35/h4-11,20-21,23,32H,3,12-15H2,1-2H3,(H,34,35)/t20-,21+,23+,25-/m0/s1. The van der Waals surface area contributed by atoms with Gasteiger partial charge in [-0.15, -0.1) is 0 Å². The first-order chi connectivity index (χ1) is 16.8. The molecule has 3 rings (SSSR count). The molecule has 0 aliphatic carbocycles. The molecule has 1 aliphatic heterocycles. The quantitative estimate of drug-likeness (QED) is 0.380. The fourth-order valence-electron chi connectivity index (χ4n) is 5.10. The molecule has 4 atom stereocenters. The van der Waals surface area contributed by atoms with Crippen LogP contribution >= 0.6 is 23.2 Å². The van der Waals surface area contributed by atoms with Crippen LogP contribution in [0.2, 0.25) is 10.0 Å². The van der Waals surface area contributed by atoms with Gasteiger partial charge in [0.15, 0.2) is 0 Å². The third-order valence-electron chi connectivity index (χ3n) is 6.70. The number of benzene rings is 2. The molecule has 0 bridgehead atoms. The lowest BCUT2D eigenvalue weighted by atomic mass is 9.67. The summed E-state index contributed by atoms with van der Waals surface area (Å²) in [6.45, 7) is 2.12. The van der Waals surface area contributed by atoms with Crippen molar-refractivity contribution in [3.05, 3.63) is 69.7 Å². The van der Waals surface area contributed by atoms with Gasteiger partial charge in [0.1, 0.15) is 0 Å². The minimum Gasteiger partial charge on any atom is -0.481 e. The second-order valence-corrected chi connectivity index (χ2v) is 10.4. The molecule has 2 aromatic rings. The van der Waals surface area contributed by atoms with Gasteiger partial charge in [-0.3, -0.25) is 9.59 Å². The van der Waals surface area contributed by atoms with Crippen molar-refractivity contribution in [2.24, 2.45) is 5.41 Å². The van der Waals surface area contributed by atoms with E-state index < -0.39 is 48.5 Å². The van der Waals surface area contributed by atoms with E-state index in [4.69, 9.17) is 23.2 Å². The van der Waals surface area contributed by atoms with Crippen molar-refractivity contribution in [1.29, 1.82) is 0 Å². The lowest BCUT2D eigenvalue weighted by Gasteiger charge is -2.52. The van der Waals surface area contributed by atoms with Gasteiger partial charge < -0.3 is 15.3 Å². The number of nitrogens with zero attached hydrogens (tertiary/aromatic N) is 1. The SMILES string of the molecule is CC[C@@H](CNCC(F)(F)F)N1C(=O)[C@](C)(CC(=O)O)C[C@H](c2cccc(Cl)c2)[C@H]1c1ccc(Cl)cc1. The molecule has 1 fully saturated rings. The summed E-state index contributed by atoms with van der Waals surface area (Å²) in [6.07, 6.45) is -4.21. The molecule has 36 heavy (non-hydrogen) atoms. The Morgan fingerprint density at radius 1 is 1.17 bits per heavy atom. The van der Waals surface area contributed by atoms with E-state index in [2.05, 4.69) is 5.32 Å². The normalized spacial score (nSPS) is 23.5. The average Bonchev–Trinajstić information content (AvgIpc) is 2.78. The Bertz CT molecular complexity index is 1080. The smallest absolute Gasteiger partial charge is 0.401 e. The minimum absolute atomic E-state index is 0.0999. The topological polar surface area (TPSA) is 69.6 Å². The number of likely N-dealkylation sites (tertiary alicyclic amines) is 1. The Morgan fingerprint density at radius 2 is 1.83 bits per heavy atom. The maximum Gasteiger partial charge on any atom is 0.401 e. The number of hydrogen-bond donors (Lipinski definition) is 2. The van der Waals surface area contributed by atoms with Gasteiger partial charge in [-0.2, -0.15) is 13.2 Å². The number of alkyl halides is 3. The van der Waals surface area contributed by atoms with Gasteiger partial charge in [0.2, 0.25) is 5.91 Å². The molecule has 1 amide bonds. The molecule has 2 aromatic carbocycles. The van der Waals surface area contributed by atoms with E-state index in [1.807, 2.05) is 6.07 Å². The van der Waals surface area contributed by atoms with E-state index in [1.165, 1.54) is 0 Å². The van der Waals surface area contributed by atoms with Crippen LogP contribution in [0.3, 0.4) is 0 Å². The molecule has 196 valence electrons. The number of hydrogen-bond acceptors (Lipinski definition) is 3. The van der Waals surface area contributed by atoms with Gasteiger partial charge in [-0.1, -0.05) is 61.3 Å². The monoisotopic (exact) mass is 544 g/mol. The van der Waals surface area contributed by atoms with Crippen LogP contribution in [-0.2, 0) is 9.59 Å². The molecule has 0 spiro atoms. The van der Waals surface area contributed by atoms with E-state index in [9.17, 15) is 27.9 Å². The molecular formula is C26H29Cl2F3N2O3. The second kappa shape index (κ2) is 11.4.